The number of hydrogen-bond acceptors (Lipinski definition) is 4. The summed E-state index contributed by atoms with van der Waals surface area (Å²) in [6.07, 6.45) is 5.40. The molecule has 0 saturated carbocycles. The minimum absolute atomic E-state index is 0.253. The molecule has 22 heavy (non-hydrogen) atoms. The summed E-state index contributed by atoms with van der Waals surface area (Å²) in [5.41, 5.74) is 1.30. The van der Waals surface area contributed by atoms with Gasteiger partial charge in [-0.05, 0) is 48.6 Å². The van der Waals surface area contributed by atoms with Crippen LogP contribution < -0.4 is 5.32 Å². The van der Waals surface area contributed by atoms with Gasteiger partial charge in [-0.15, -0.1) is 0 Å². The number of thioether (sulfide) groups is 1. The number of halogens is 1. The molecule has 6 heteroatoms. The number of nitrogens with zero attached hydrogens (tertiary/aromatic N) is 2. The number of benzene rings is 1. The zero-order chi connectivity index (χ0) is 15.4. The Morgan fingerprint density at radius 2 is 2.00 bits per heavy atom. The molecule has 2 N–H and O–H groups in total. The first-order valence-electron chi connectivity index (χ1n) is 7.45. The van der Waals surface area contributed by atoms with Gasteiger partial charge in [-0.1, -0.05) is 0 Å². The summed E-state index contributed by atoms with van der Waals surface area (Å²) < 4.78 is 14.6. The van der Waals surface area contributed by atoms with Crippen LogP contribution in [0.2, 0.25) is 0 Å². The monoisotopic (exact) mass is 321 g/mol. The molecule has 0 aliphatic carbocycles. The van der Waals surface area contributed by atoms with Crippen LogP contribution in [0.1, 0.15) is 18.4 Å². The Morgan fingerprint density at radius 1 is 1.27 bits per heavy atom. The number of nitrogens with one attached hydrogen (secondary N) is 1. The molecule has 0 bridgehead atoms. The van der Waals surface area contributed by atoms with Gasteiger partial charge in [0.05, 0.1) is 17.5 Å². The van der Waals surface area contributed by atoms with Gasteiger partial charge in [-0.3, -0.25) is 0 Å². The third-order valence-electron chi connectivity index (χ3n) is 3.93. The van der Waals surface area contributed by atoms with Crippen molar-refractivity contribution in [2.24, 2.45) is 0 Å². The van der Waals surface area contributed by atoms with Crippen LogP contribution in [0.5, 0.6) is 0 Å². The second-order valence-electron chi connectivity index (χ2n) is 5.71. The lowest BCUT2D eigenvalue weighted by Gasteiger charge is -2.31. The number of aromatic nitrogens is 2. The molecule has 2 heterocycles. The van der Waals surface area contributed by atoms with Crippen molar-refractivity contribution in [1.82, 2.24) is 15.1 Å². The molecular formula is C16H20FN3OS. The summed E-state index contributed by atoms with van der Waals surface area (Å²) in [5, 5.41) is 18.0. The molecule has 0 spiro atoms. The van der Waals surface area contributed by atoms with Crippen molar-refractivity contribution in [1.29, 1.82) is 0 Å². The number of aliphatic hydroxyl groups is 1. The van der Waals surface area contributed by atoms with Gasteiger partial charge in [0, 0.05) is 24.8 Å². The maximum atomic E-state index is 12.9. The minimum Gasteiger partial charge on any atom is -0.389 e. The summed E-state index contributed by atoms with van der Waals surface area (Å²) in [5.74, 6) is 1.80. The van der Waals surface area contributed by atoms with E-state index in [9.17, 15) is 9.50 Å². The highest BCUT2D eigenvalue weighted by atomic mass is 32.2. The van der Waals surface area contributed by atoms with Crippen molar-refractivity contribution in [2.45, 2.75) is 25.0 Å². The second kappa shape index (κ2) is 6.81. The van der Waals surface area contributed by atoms with Crippen molar-refractivity contribution in [3.63, 3.8) is 0 Å². The Bertz CT molecular complexity index is 608. The Balaban J connectivity index is 1.54. The topological polar surface area (TPSA) is 50.1 Å². The molecular weight excluding hydrogens is 301 g/mol. The third kappa shape index (κ3) is 3.88. The van der Waals surface area contributed by atoms with Crippen LogP contribution in [0.15, 0.2) is 36.7 Å². The van der Waals surface area contributed by atoms with E-state index in [2.05, 4.69) is 10.4 Å². The van der Waals surface area contributed by atoms with Gasteiger partial charge in [-0.2, -0.15) is 16.9 Å². The summed E-state index contributed by atoms with van der Waals surface area (Å²) in [6.45, 7) is 1.27. The summed E-state index contributed by atoms with van der Waals surface area (Å²) in [4.78, 5) is 0. The van der Waals surface area contributed by atoms with Crippen molar-refractivity contribution >= 4 is 11.8 Å². The molecule has 1 fully saturated rings. The predicted octanol–water partition coefficient (Wildman–Crippen LogP) is 2.36. The molecule has 2 aromatic rings. The van der Waals surface area contributed by atoms with Gasteiger partial charge in [0.2, 0.25) is 0 Å². The van der Waals surface area contributed by atoms with Crippen molar-refractivity contribution < 1.29 is 9.50 Å². The molecule has 1 aliphatic rings. The van der Waals surface area contributed by atoms with Gasteiger partial charge in [0.1, 0.15) is 5.82 Å². The molecule has 0 unspecified atom stereocenters. The standard InChI is InChI=1S/C16H20FN3OS/c17-14-1-3-15(4-2-14)20-11-13(10-19-20)9-18-12-16(21)5-7-22-8-6-16/h1-4,10-11,18,21H,5-9,12H2. The van der Waals surface area contributed by atoms with E-state index in [-0.39, 0.29) is 5.82 Å². The Kier molecular flexibility index (Phi) is 4.81. The Morgan fingerprint density at radius 3 is 2.73 bits per heavy atom. The Hall–Kier alpha value is -1.37. The highest BCUT2D eigenvalue weighted by Gasteiger charge is 2.28. The lowest BCUT2D eigenvalue weighted by molar-refractivity contribution is 0.0320. The molecule has 1 aliphatic heterocycles. The molecule has 118 valence electrons. The van der Waals surface area contributed by atoms with E-state index in [1.807, 2.05) is 18.0 Å². The summed E-state index contributed by atoms with van der Waals surface area (Å²) >= 11 is 1.90. The SMILES string of the molecule is OC1(CNCc2cnn(-c3ccc(F)cc3)c2)CCSCC1. The molecule has 4 nitrogen and oxygen atoms in total. The summed E-state index contributed by atoms with van der Waals surface area (Å²) in [7, 11) is 0. The predicted molar refractivity (Wildman–Crippen MR) is 86.7 cm³/mol. The molecule has 0 amide bonds. The van der Waals surface area contributed by atoms with Gasteiger partial charge in [0.15, 0.2) is 0 Å². The molecule has 1 saturated heterocycles. The van der Waals surface area contributed by atoms with Gasteiger partial charge in [-0.25, -0.2) is 9.07 Å². The van der Waals surface area contributed by atoms with Crippen LogP contribution >= 0.6 is 11.8 Å². The smallest absolute Gasteiger partial charge is 0.123 e. The van der Waals surface area contributed by atoms with Crippen molar-refractivity contribution in [2.75, 3.05) is 18.1 Å². The maximum Gasteiger partial charge on any atom is 0.123 e. The first kappa shape index (κ1) is 15.5. The first-order valence-corrected chi connectivity index (χ1v) is 8.60. The van der Waals surface area contributed by atoms with E-state index in [1.54, 1.807) is 23.0 Å². The highest BCUT2D eigenvalue weighted by Crippen LogP contribution is 2.26. The largest absolute Gasteiger partial charge is 0.389 e. The fourth-order valence-corrected chi connectivity index (χ4v) is 3.81. The first-order chi connectivity index (χ1) is 10.6. The van der Waals surface area contributed by atoms with Crippen LogP contribution in [0.3, 0.4) is 0 Å². The summed E-state index contributed by atoms with van der Waals surface area (Å²) in [6, 6.07) is 6.24. The highest BCUT2D eigenvalue weighted by molar-refractivity contribution is 7.99. The van der Waals surface area contributed by atoms with Gasteiger partial charge < -0.3 is 10.4 Å². The lowest BCUT2D eigenvalue weighted by Crippen LogP contribution is -2.43. The van der Waals surface area contributed by atoms with Crippen molar-refractivity contribution in [3.8, 4) is 5.69 Å². The van der Waals surface area contributed by atoms with Gasteiger partial charge >= 0.3 is 0 Å². The minimum atomic E-state index is -0.571. The molecule has 3 rings (SSSR count). The van der Waals surface area contributed by atoms with Crippen molar-refractivity contribution in [3.05, 3.63) is 48.0 Å². The van der Waals surface area contributed by atoms with Crippen LogP contribution in [0, 0.1) is 5.82 Å². The lowest BCUT2D eigenvalue weighted by atomic mass is 9.97. The molecule has 0 atom stereocenters. The fourth-order valence-electron chi connectivity index (χ4n) is 2.55. The number of hydrogen-bond donors (Lipinski definition) is 2. The fraction of sp³-hybridized carbons (Fsp3) is 0.438. The van der Waals surface area contributed by atoms with E-state index in [4.69, 9.17) is 0 Å². The molecule has 1 aromatic carbocycles. The zero-order valence-electron chi connectivity index (χ0n) is 12.3. The van der Waals surface area contributed by atoms with E-state index >= 15 is 0 Å². The van der Waals surface area contributed by atoms with E-state index in [0.717, 1.165) is 35.6 Å². The maximum absolute atomic E-state index is 12.9. The zero-order valence-corrected chi connectivity index (χ0v) is 13.2. The average molecular weight is 321 g/mol. The third-order valence-corrected chi connectivity index (χ3v) is 4.92. The molecule has 0 radical (unpaired) electrons. The number of rotatable bonds is 5. The van der Waals surface area contributed by atoms with Crippen LogP contribution in [0.25, 0.3) is 5.69 Å². The average Bonchev–Trinajstić information content (AvgIpc) is 2.97. The normalized spacial score (nSPS) is 17.5. The van der Waals surface area contributed by atoms with Crippen LogP contribution in [0.4, 0.5) is 4.39 Å². The van der Waals surface area contributed by atoms with E-state index in [1.165, 1.54) is 12.1 Å². The quantitative estimate of drug-likeness (QED) is 0.888. The van der Waals surface area contributed by atoms with E-state index in [0.29, 0.717) is 13.1 Å². The van der Waals surface area contributed by atoms with Crippen LogP contribution in [-0.2, 0) is 6.54 Å². The van der Waals surface area contributed by atoms with Gasteiger partial charge in [0.25, 0.3) is 0 Å². The Labute approximate surface area is 133 Å². The second-order valence-corrected chi connectivity index (χ2v) is 6.93. The molecule has 1 aromatic heterocycles. The van der Waals surface area contributed by atoms with E-state index < -0.39 is 5.60 Å². The van der Waals surface area contributed by atoms with Crippen LogP contribution in [-0.4, -0.2) is 38.5 Å².